The number of hydrogen-bond donors (Lipinski definition) is 4. The number of hydrogen-bond acceptors (Lipinski definition) is 3. The average molecular weight is 467 g/mol. The van der Waals surface area contributed by atoms with Gasteiger partial charge in [0, 0.05) is 30.1 Å². The van der Waals surface area contributed by atoms with E-state index in [1.54, 1.807) is 0 Å². The van der Waals surface area contributed by atoms with E-state index < -0.39 is 11.6 Å². The minimum Gasteiger partial charge on any atom is -0.494 e. The summed E-state index contributed by atoms with van der Waals surface area (Å²) in [5.74, 6) is -0.990. The fourth-order valence-electron chi connectivity index (χ4n) is 2.88. The molecular weight excluding hydrogens is 438 g/mol. The van der Waals surface area contributed by atoms with Gasteiger partial charge in [-0.1, -0.05) is 31.7 Å². The lowest BCUT2D eigenvalue weighted by Gasteiger charge is -2.11. The van der Waals surface area contributed by atoms with Crippen LogP contribution in [0.2, 0.25) is 0 Å². The standard InChI is InChI=1S/C22H28F2N4OS2/c23-19-11-10-17(15-20(19)24)28-22(31)26-12-5-3-1-2-4-6-13-29-18-9-7-8-16(14-18)27-21(25)30/h7-11,14-15H,1-6,12-13H2,(H3,25,27,30)(H2,26,28,31). The molecule has 0 aliphatic carbocycles. The second-order valence-corrected chi connectivity index (χ2v) is 7.84. The van der Waals surface area contributed by atoms with Crippen LogP contribution in [-0.4, -0.2) is 23.4 Å². The van der Waals surface area contributed by atoms with E-state index in [2.05, 4.69) is 16.0 Å². The number of nitrogens with two attached hydrogens (primary N) is 1. The van der Waals surface area contributed by atoms with Crippen molar-refractivity contribution in [1.29, 1.82) is 0 Å². The molecule has 0 fully saturated rings. The molecule has 0 amide bonds. The van der Waals surface area contributed by atoms with E-state index in [4.69, 9.17) is 34.9 Å². The Kier molecular flexibility index (Phi) is 10.9. The predicted molar refractivity (Wildman–Crippen MR) is 131 cm³/mol. The largest absolute Gasteiger partial charge is 0.494 e. The number of ether oxygens (including phenoxy) is 1. The smallest absolute Gasteiger partial charge is 0.170 e. The molecule has 0 unspecified atom stereocenters. The number of thiocarbonyl (C=S) groups is 2. The van der Waals surface area contributed by atoms with Crippen molar-refractivity contribution in [3.05, 3.63) is 54.1 Å². The molecule has 2 aromatic carbocycles. The van der Waals surface area contributed by atoms with Crippen LogP contribution < -0.4 is 26.4 Å². The summed E-state index contributed by atoms with van der Waals surface area (Å²) in [6, 6.07) is 11.1. The quantitative estimate of drug-likeness (QED) is 0.249. The molecule has 0 atom stereocenters. The first kappa shape index (κ1) is 24.7. The van der Waals surface area contributed by atoms with Gasteiger partial charge < -0.3 is 26.4 Å². The molecule has 0 aliphatic rings. The molecule has 9 heteroatoms. The van der Waals surface area contributed by atoms with Gasteiger partial charge in [-0.2, -0.15) is 0 Å². The highest BCUT2D eigenvalue weighted by molar-refractivity contribution is 7.80. The maximum absolute atomic E-state index is 13.2. The molecule has 168 valence electrons. The van der Waals surface area contributed by atoms with Gasteiger partial charge >= 0.3 is 0 Å². The van der Waals surface area contributed by atoms with E-state index in [1.165, 1.54) is 6.07 Å². The Morgan fingerprint density at radius 3 is 2.29 bits per heavy atom. The van der Waals surface area contributed by atoms with Crippen molar-refractivity contribution < 1.29 is 13.5 Å². The molecule has 0 aliphatic heterocycles. The Hall–Kier alpha value is -2.52. The van der Waals surface area contributed by atoms with Gasteiger partial charge in [0.1, 0.15) is 5.75 Å². The molecule has 0 saturated carbocycles. The van der Waals surface area contributed by atoms with Gasteiger partial charge in [0.15, 0.2) is 21.9 Å². The number of anilines is 2. The number of unbranched alkanes of at least 4 members (excludes halogenated alkanes) is 5. The third-order valence-corrected chi connectivity index (χ3v) is 4.75. The molecule has 0 heterocycles. The maximum Gasteiger partial charge on any atom is 0.170 e. The van der Waals surface area contributed by atoms with Crippen molar-refractivity contribution in [2.24, 2.45) is 5.73 Å². The minimum absolute atomic E-state index is 0.230. The molecule has 0 aromatic heterocycles. The van der Waals surface area contributed by atoms with Crippen LogP contribution >= 0.6 is 24.4 Å². The monoisotopic (exact) mass is 466 g/mol. The number of benzene rings is 2. The molecule has 5 N–H and O–H groups in total. The number of rotatable bonds is 12. The molecule has 0 saturated heterocycles. The second-order valence-electron chi connectivity index (χ2n) is 7.00. The van der Waals surface area contributed by atoms with Crippen molar-refractivity contribution in [2.75, 3.05) is 23.8 Å². The van der Waals surface area contributed by atoms with Crippen LogP contribution in [0.5, 0.6) is 5.75 Å². The van der Waals surface area contributed by atoms with Crippen LogP contribution in [0.1, 0.15) is 38.5 Å². The van der Waals surface area contributed by atoms with Gasteiger partial charge in [0.2, 0.25) is 0 Å². The first-order chi connectivity index (χ1) is 14.9. The van der Waals surface area contributed by atoms with Crippen molar-refractivity contribution in [3.8, 4) is 5.75 Å². The Morgan fingerprint density at radius 1 is 0.839 bits per heavy atom. The summed E-state index contributed by atoms with van der Waals surface area (Å²) < 4.78 is 31.9. The summed E-state index contributed by atoms with van der Waals surface area (Å²) in [6.07, 6.45) is 6.46. The van der Waals surface area contributed by atoms with Crippen LogP contribution in [0.25, 0.3) is 0 Å². The van der Waals surface area contributed by atoms with Gasteiger partial charge in [-0.15, -0.1) is 0 Å². The zero-order valence-electron chi connectivity index (χ0n) is 17.3. The maximum atomic E-state index is 13.2. The average Bonchev–Trinajstić information content (AvgIpc) is 2.72. The normalized spacial score (nSPS) is 10.4. The van der Waals surface area contributed by atoms with Crippen molar-refractivity contribution in [3.63, 3.8) is 0 Å². The number of halogens is 2. The highest BCUT2D eigenvalue weighted by Gasteiger charge is 2.04. The van der Waals surface area contributed by atoms with Gasteiger partial charge in [-0.05, 0) is 61.5 Å². The summed E-state index contributed by atoms with van der Waals surface area (Å²) >= 11 is 9.99. The Morgan fingerprint density at radius 2 is 1.55 bits per heavy atom. The van der Waals surface area contributed by atoms with Crippen molar-refractivity contribution in [2.45, 2.75) is 38.5 Å². The topological polar surface area (TPSA) is 71.3 Å². The van der Waals surface area contributed by atoms with Crippen molar-refractivity contribution in [1.82, 2.24) is 5.32 Å². The Bertz CT molecular complexity index is 867. The minimum atomic E-state index is -0.903. The first-order valence-corrected chi connectivity index (χ1v) is 11.0. The molecule has 2 aromatic rings. The van der Waals surface area contributed by atoms with E-state index in [1.807, 2.05) is 24.3 Å². The summed E-state index contributed by atoms with van der Waals surface area (Å²) in [5, 5.41) is 9.43. The highest BCUT2D eigenvalue weighted by Crippen LogP contribution is 2.18. The lowest BCUT2D eigenvalue weighted by Crippen LogP contribution is -2.29. The van der Waals surface area contributed by atoms with E-state index in [-0.39, 0.29) is 5.11 Å². The van der Waals surface area contributed by atoms with Gasteiger partial charge in [-0.25, -0.2) is 8.78 Å². The predicted octanol–water partition coefficient (Wildman–Crippen LogP) is 5.33. The molecule has 0 radical (unpaired) electrons. The van der Waals surface area contributed by atoms with Crippen LogP contribution in [0.4, 0.5) is 20.2 Å². The summed E-state index contributed by atoms with van der Waals surface area (Å²) in [5.41, 5.74) is 6.71. The fourth-order valence-corrected chi connectivity index (χ4v) is 3.22. The lowest BCUT2D eigenvalue weighted by atomic mass is 10.1. The summed E-state index contributed by atoms with van der Waals surface area (Å²) in [4.78, 5) is 0. The third kappa shape index (κ3) is 10.4. The third-order valence-electron chi connectivity index (χ3n) is 4.40. The zero-order valence-corrected chi connectivity index (χ0v) is 18.9. The van der Waals surface area contributed by atoms with Crippen LogP contribution in [-0.2, 0) is 0 Å². The van der Waals surface area contributed by atoms with Gasteiger partial charge in [0.05, 0.1) is 6.61 Å². The Balaban J connectivity index is 1.46. The molecule has 31 heavy (non-hydrogen) atoms. The summed E-state index contributed by atoms with van der Waals surface area (Å²) in [7, 11) is 0. The Labute approximate surface area is 192 Å². The van der Waals surface area contributed by atoms with Gasteiger partial charge in [0.25, 0.3) is 0 Å². The van der Waals surface area contributed by atoms with Crippen molar-refractivity contribution >= 4 is 46.0 Å². The van der Waals surface area contributed by atoms with Crippen LogP contribution in [0.15, 0.2) is 42.5 Å². The van der Waals surface area contributed by atoms with E-state index in [0.29, 0.717) is 17.4 Å². The summed E-state index contributed by atoms with van der Waals surface area (Å²) in [6.45, 7) is 1.40. The fraction of sp³-hybridized carbons (Fsp3) is 0.364. The van der Waals surface area contributed by atoms with E-state index >= 15 is 0 Å². The van der Waals surface area contributed by atoms with Crippen LogP contribution in [0, 0.1) is 11.6 Å². The highest BCUT2D eigenvalue weighted by atomic mass is 32.1. The number of nitrogens with one attached hydrogen (secondary N) is 3. The first-order valence-electron chi connectivity index (χ1n) is 10.2. The molecule has 5 nitrogen and oxygen atoms in total. The lowest BCUT2D eigenvalue weighted by molar-refractivity contribution is 0.304. The molecule has 2 rings (SSSR count). The molecule has 0 bridgehead atoms. The molecule has 0 spiro atoms. The zero-order chi connectivity index (χ0) is 22.5. The van der Waals surface area contributed by atoms with E-state index in [0.717, 1.165) is 68.6 Å². The van der Waals surface area contributed by atoms with Crippen LogP contribution in [0.3, 0.4) is 0 Å². The van der Waals surface area contributed by atoms with E-state index in [9.17, 15) is 8.78 Å². The SMILES string of the molecule is NC(=S)Nc1cccc(OCCCCCCCCNC(=S)Nc2ccc(F)c(F)c2)c1. The second kappa shape index (κ2) is 13.7. The van der Waals surface area contributed by atoms with Gasteiger partial charge in [-0.3, -0.25) is 0 Å². The molecular formula is C22H28F2N4OS2.